The van der Waals surface area contributed by atoms with Gasteiger partial charge in [0.2, 0.25) is 0 Å². The molecule has 2 aliphatic heterocycles. The number of carbonyl (C=O) groups is 1. The van der Waals surface area contributed by atoms with Gasteiger partial charge in [-0.3, -0.25) is 9.69 Å². The molecule has 0 aliphatic carbocycles. The predicted octanol–water partition coefficient (Wildman–Crippen LogP) is 3.51. The average molecular weight is 405 g/mol. The van der Waals surface area contributed by atoms with Crippen LogP contribution in [-0.2, 0) is 11.3 Å². The number of rotatable bonds is 5. The Kier molecular flexibility index (Phi) is 5.27. The second-order valence-electron chi connectivity index (χ2n) is 8.51. The maximum atomic E-state index is 12.3. The molecular formula is C24H28N4O2. The number of fused-ring (bicyclic) bond motifs is 1. The predicted molar refractivity (Wildman–Crippen MR) is 116 cm³/mol. The van der Waals surface area contributed by atoms with Crippen molar-refractivity contribution in [2.75, 3.05) is 19.6 Å². The third kappa shape index (κ3) is 4.11. The molecule has 2 aromatic carbocycles. The molecule has 1 amide bonds. The van der Waals surface area contributed by atoms with Gasteiger partial charge in [0.15, 0.2) is 0 Å². The van der Waals surface area contributed by atoms with Crippen LogP contribution in [0.4, 0.5) is 0 Å². The van der Waals surface area contributed by atoms with Gasteiger partial charge in [0.1, 0.15) is 5.82 Å². The molecule has 2 aliphatic rings. The number of likely N-dealkylation sites (tertiary alicyclic amines) is 1. The first kappa shape index (κ1) is 19.3. The number of imidazole rings is 1. The molecule has 1 aromatic heterocycles. The molecular weight excluding hydrogens is 376 g/mol. The van der Waals surface area contributed by atoms with E-state index < -0.39 is 0 Å². The number of H-pyrrole nitrogens is 1. The van der Waals surface area contributed by atoms with Crippen molar-refractivity contribution in [3.05, 3.63) is 66.0 Å². The Balaban J connectivity index is 1.10. The van der Waals surface area contributed by atoms with Crippen molar-refractivity contribution in [3.63, 3.8) is 0 Å². The molecule has 1 unspecified atom stereocenters. The fraction of sp³-hybridized carbons (Fsp3) is 0.417. The van der Waals surface area contributed by atoms with Gasteiger partial charge >= 0.3 is 0 Å². The molecule has 1 atom stereocenters. The molecule has 3 heterocycles. The number of carbonyl (C=O) groups excluding carboxylic acids is 1. The Hall–Kier alpha value is -2.70. The standard InChI is InChI=1S/C24H28N4O2/c29-23(18-6-2-1-3-7-18)25-16-19-10-11-24(30-19)12-14-28(15-13-24)17-22-26-20-8-4-5-9-21(20)27-22/h1-9,19H,10-17H2,(H,25,29)(H,26,27). The van der Waals surface area contributed by atoms with E-state index in [2.05, 4.69) is 21.3 Å². The summed E-state index contributed by atoms with van der Waals surface area (Å²) < 4.78 is 6.46. The number of para-hydroxylation sites is 2. The van der Waals surface area contributed by atoms with Crippen molar-refractivity contribution in [1.29, 1.82) is 0 Å². The van der Waals surface area contributed by atoms with Crippen LogP contribution < -0.4 is 5.32 Å². The highest BCUT2D eigenvalue weighted by Gasteiger charge is 2.42. The van der Waals surface area contributed by atoms with Gasteiger partial charge in [0.25, 0.3) is 5.91 Å². The summed E-state index contributed by atoms with van der Waals surface area (Å²) in [5.41, 5.74) is 2.80. The Morgan fingerprint density at radius 1 is 1.10 bits per heavy atom. The minimum absolute atomic E-state index is 0.0213. The normalized spacial score (nSPS) is 21.3. The fourth-order valence-electron chi connectivity index (χ4n) is 4.72. The van der Waals surface area contributed by atoms with Crippen LogP contribution >= 0.6 is 0 Å². The molecule has 0 bridgehead atoms. The van der Waals surface area contributed by atoms with E-state index in [4.69, 9.17) is 9.72 Å². The highest BCUT2D eigenvalue weighted by Crippen LogP contribution is 2.39. The zero-order chi connectivity index (χ0) is 20.4. The molecule has 3 aromatic rings. The van der Waals surface area contributed by atoms with Crippen molar-refractivity contribution in [2.24, 2.45) is 0 Å². The molecule has 2 fully saturated rings. The van der Waals surface area contributed by atoms with E-state index in [1.807, 2.05) is 48.5 Å². The molecule has 0 radical (unpaired) electrons. The zero-order valence-electron chi connectivity index (χ0n) is 17.1. The average Bonchev–Trinajstić information content (AvgIpc) is 3.38. The van der Waals surface area contributed by atoms with Crippen molar-refractivity contribution in [1.82, 2.24) is 20.2 Å². The van der Waals surface area contributed by atoms with Crippen LogP contribution in [0.15, 0.2) is 54.6 Å². The monoisotopic (exact) mass is 404 g/mol. The topological polar surface area (TPSA) is 70.2 Å². The highest BCUT2D eigenvalue weighted by atomic mass is 16.5. The summed E-state index contributed by atoms with van der Waals surface area (Å²) in [5, 5.41) is 3.03. The van der Waals surface area contributed by atoms with Gasteiger partial charge in [-0.15, -0.1) is 0 Å². The van der Waals surface area contributed by atoms with Crippen LogP contribution in [0.25, 0.3) is 11.0 Å². The number of piperidine rings is 1. The van der Waals surface area contributed by atoms with Crippen molar-refractivity contribution in [3.8, 4) is 0 Å². The second kappa shape index (κ2) is 8.20. The maximum absolute atomic E-state index is 12.3. The van der Waals surface area contributed by atoms with E-state index in [1.165, 1.54) is 0 Å². The highest BCUT2D eigenvalue weighted by molar-refractivity contribution is 5.94. The number of ether oxygens (including phenoxy) is 1. The Morgan fingerprint density at radius 2 is 1.87 bits per heavy atom. The minimum atomic E-state index is -0.0270. The summed E-state index contributed by atoms with van der Waals surface area (Å²) in [5.74, 6) is 1.00. The number of nitrogens with one attached hydrogen (secondary N) is 2. The van der Waals surface area contributed by atoms with Gasteiger partial charge in [-0.2, -0.15) is 0 Å². The smallest absolute Gasteiger partial charge is 0.251 e. The lowest BCUT2D eigenvalue weighted by Gasteiger charge is -2.39. The van der Waals surface area contributed by atoms with E-state index in [0.29, 0.717) is 12.1 Å². The van der Waals surface area contributed by atoms with Gasteiger partial charge in [0, 0.05) is 25.2 Å². The minimum Gasteiger partial charge on any atom is -0.370 e. The molecule has 0 saturated carbocycles. The summed E-state index contributed by atoms with van der Waals surface area (Å²) in [6.45, 7) is 3.46. The number of nitrogens with zero attached hydrogens (tertiary/aromatic N) is 2. The SMILES string of the molecule is O=C(NCC1CCC2(CCN(Cc3nc4ccccc4[nH]3)CC2)O1)c1ccccc1. The van der Waals surface area contributed by atoms with Crippen LogP contribution in [0.3, 0.4) is 0 Å². The van der Waals surface area contributed by atoms with Crippen molar-refractivity contribution >= 4 is 16.9 Å². The van der Waals surface area contributed by atoms with Crippen LogP contribution in [0.1, 0.15) is 41.9 Å². The Bertz CT molecular complexity index is 975. The second-order valence-corrected chi connectivity index (χ2v) is 8.51. The fourth-order valence-corrected chi connectivity index (χ4v) is 4.72. The van der Waals surface area contributed by atoms with Crippen molar-refractivity contribution < 1.29 is 9.53 Å². The number of aromatic amines is 1. The number of hydrogen-bond donors (Lipinski definition) is 2. The molecule has 1 spiro atoms. The molecule has 30 heavy (non-hydrogen) atoms. The number of amides is 1. The number of aromatic nitrogens is 2. The van der Waals surface area contributed by atoms with Gasteiger partial charge in [-0.1, -0.05) is 30.3 Å². The van der Waals surface area contributed by atoms with Gasteiger partial charge < -0.3 is 15.0 Å². The first-order chi connectivity index (χ1) is 14.7. The summed E-state index contributed by atoms with van der Waals surface area (Å²) in [6, 6.07) is 17.5. The first-order valence-corrected chi connectivity index (χ1v) is 10.9. The molecule has 6 heteroatoms. The van der Waals surface area contributed by atoms with Gasteiger partial charge in [-0.05, 0) is 49.9 Å². The molecule has 2 N–H and O–H groups in total. The van der Waals surface area contributed by atoms with Crippen LogP contribution in [0.2, 0.25) is 0 Å². The van der Waals surface area contributed by atoms with E-state index >= 15 is 0 Å². The lowest BCUT2D eigenvalue weighted by molar-refractivity contribution is -0.0766. The van der Waals surface area contributed by atoms with Gasteiger partial charge in [-0.25, -0.2) is 4.98 Å². The molecule has 156 valence electrons. The molecule has 6 nitrogen and oxygen atoms in total. The van der Waals surface area contributed by atoms with Crippen molar-refractivity contribution in [2.45, 2.75) is 43.9 Å². The summed E-state index contributed by atoms with van der Waals surface area (Å²) in [4.78, 5) is 22.9. The van der Waals surface area contributed by atoms with E-state index in [-0.39, 0.29) is 17.6 Å². The molecule has 5 rings (SSSR count). The third-order valence-electron chi connectivity index (χ3n) is 6.44. The summed E-state index contributed by atoms with van der Waals surface area (Å²) in [6.07, 6.45) is 4.28. The summed E-state index contributed by atoms with van der Waals surface area (Å²) in [7, 11) is 0. The number of benzene rings is 2. The number of hydrogen-bond acceptors (Lipinski definition) is 4. The zero-order valence-corrected chi connectivity index (χ0v) is 17.1. The third-order valence-corrected chi connectivity index (χ3v) is 6.44. The maximum Gasteiger partial charge on any atom is 0.251 e. The molecule has 2 saturated heterocycles. The van der Waals surface area contributed by atoms with E-state index in [1.54, 1.807) is 0 Å². The quantitative estimate of drug-likeness (QED) is 0.683. The van der Waals surface area contributed by atoms with Gasteiger partial charge in [0.05, 0.1) is 29.3 Å². The van der Waals surface area contributed by atoms with Crippen LogP contribution in [0.5, 0.6) is 0 Å². The summed E-state index contributed by atoms with van der Waals surface area (Å²) >= 11 is 0. The Labute approximate surface area is 176 Å². The largest absolute Gasteiger partial charge is 0.370 e. The first-order valence-electron chi connectivity index (χ1n) is 10.9. The van der Waals surface area contributed by atoms with Crippen LogP contribution in [-0.4, -0.2) is 52.1 Å². The van der Waals surface area contributed by atoms with Crippen LogP contribution in [0, 0.1) is 0 Å². The van der Waals surface area contributed by atoms with E-state index in [0.717, 1.165) is 62.2 Å². The lowest BCUT2D eigenvalue weighted by atomic mass is 9.88. The van der Waals surface area contributed by atoms with E-state index in [9.17, 15) is 4.79 Å². The lowest BCUT2D eigenvalue weighted by Crippen LogP contribution is -2.45. The Morgan fingerprint density at radius 3 is 2.67 bits per heavy atom.